The Balaban J connectivity index is 2.02. The second-order valence-corrected chi connectivity index (χ2v) is 4.70. The zero-order valence-electron chi connectivity index (χ0n) is 11.0. The van der Waals surface area contributed by atoms with E-state index < -0.39 is 10.8 Å². The fourth-order valence-corrected chi connectivity index (χ4v) is 2.23. The van der Waals surface area contributed by atoms with Gasteiger partial charge in [-0.25, -0.2) is 0 Å². The number of nitro benzene ring substituents is 1. The second kappa shape index (κ2) is 6.33. The first-order valence-corrected chi connectivity index (χ1v) is 6.51. The van der Waals surface area contributed by atoms with E-state index in [0.717, 1.165) is 25.9 Å². The van der Waals surface area contributed by atoms with Gasteiger partial charge in [-0.1, -0.05) is 0 Å². The molecule has 20 heavy (non-hydrogen) atoms. The lowest BCUT2D eigenvalue weighted by molar-refractivity contribution is -0.384. The lowest BCUT2D eigenvalue weighted by Gasteiger charge is -2.11. The van der Waals surface area contributed by atoms with E-state index in [1.165, 1.54) is 18.2 Å². The Kier molecular flexibility index (Phi) is 4.52. The summed E-state index contributed by atoms with van der Waals surface area (Å²) in [6.45, 7) is 1.37. The summed E-state index contributed by atoms with van der Waals surface area (Å²) in [5.74, 6) is -0.681. The lowest BCUT2D eigenvalue weighted by Crippen LogP contribution is -2.14. The number of hydrogen-bond donors (Lipinski definition) is 2. The van der Waals surface area contributed by atoms with Crippen LogP contribution in [0.3, 0.4) is 0 Å². The Hall–Kier alpha value is -2.15. The SMILES string of the molecule is NC(=O)c1ccc(NCC[C@@H]2CCCO2)c([N+](=O)[O-])c1. The average Bonchev–Trinajstić information content (AvgIpc) is 2.91. The highest BCUT2D eigenvalue weighted by Crippen LogP contribution is 2.26. The Morgan fingerprint density at radius 1 is 1.55 bits per heavy atom. The van der Waals surface area contributed by atoms with Gasteiger partial charge in [-0.3, -0.25) is 14.9 Å². The molecule has 0 saturated carbocycles. The number of amides is 1. The van der Waals surface area contributed by atoms with E-state index in [2.05, 4.69) is 5.32 Å². The predicted octanol–water partition coefficient (Wildman–Crippen LogP) is 1.67. The molecule has 108 valence electrons. The van der Waals surface area contributed by atoms with Crippen LogP contribution >= 0.6 is 0 Å². The minimum Gasteiger partial charge on any atom is -0.379 e. The molecule has 7 nitrogen and oxygen atoms in total. The maximum atomic E-state index is 11.0. The molecule has 1 atom stereocenters. The summed E-state index contributed by atoms with van der Waals surface area (Å²) in [6, 6.07) is 4.17. The van der Waals surface area contributed by atoms with E-state index in [-0.39, 0.29) is 17.4 Å². The van der Waals surface area contributed by atoms with Gasteiger partial charge in [0.2, 0.25) is 5.91 Å². The molecule has 0 spiro atoms. The molecule has 0 bridgehead atoms. The number of anilines is 1. The highest BCUT2D eigenvalue weighted by Gasteiger charge is 2.18. The van der Waals surface area contributed by atoms with Gasteiger partial charge in [0.1, 0.15) is 5.69 Å². The lowest BCUT2D eigenvalue weighted by atomic mass is 10.1. The van der Waals surface area contributed by atoms with Crippen LogP contribution in [0.25, 0.3) is 0 Å². The van der Waals surface area contributed by atoms with Gasteiger partial charge in [-0.15, -0.1) is 0 Å². The number of carbonyl (C=O) groups is 1. The second-order valence-electron chi connectivity index (χ2n) is 4.70. The molecule has 1 heterocycles. The summed E-state index contributed by atoms with van der Waals surface area (Å²) < 4.78 is 5.48. The quantitative estimate of drug-likeness (QED) is 0.608. The molecular weight excluding hydrogens is 262 g/mol. The van der Waals surface area contributed by atoms with Crippen LogP contribution in [0, 0.1) is 10.1 Å². The third-order valence-electron chi connectivity index (χ3n) is 3.28. The molecule has 1 aliphatic rings. The number of rotatable bonds is 6. The summed E-state index contributed by atoms with van der Waals surface area (Å²) in [4.78, 5) is 21.5. The first-order chi connectivity index (χ1) is 9.58. The van der Waals surface area contributed by atoms with E-state index in [9.17, 15) is 14.9 Å². The zero-order valence-corrected chi connectivity index (χ0v) is 11.0. The summed E-state index contributed by atoms with van der Waals surface area (Å²) in [6.07, 6.45) is 3.13. The molecule has 1 aromatic carbocycles. The van der Waals surface area contributed by atoms with Crippen molar-refractivity contribution < 1.29 is 14.5 Å². The number of benzene rings is 1. The Morgan fingerprint density at radius 3 is 2.95 bits per heavy atom. The van der Waals surface area contributed by atoms with Gasteiger partial charge in [0, 0.05) is 24.8 Å². The van der Waals surface area contributed by atoms with Crippen molar-refractivity contribution in [3.05, 3.63) is 33.9 Å². The van der Waals surface area contributed by atoms with Gasteiger partial charge < -0.3 is 15.8 Å². The third kappa shape index (κ3) is 3.45. The fraction of sp³-hybridized carbons (Fsp3) is 0.462. The molecule has 1 fully saturated rings. The van der Waals surface area contributed by atoms with Crippen molar-refractivity contribution in [2.75, 3.05) is 18.5 Å². The average molecular weight is 279 g/mol. The van der Waals surface area contributed by atoms with Crippen LogP contribution in [0.5, 0.6) is 0 Å². The van der Waals surface area contributed by atoms with E-state index in [4.69, 9.17) is 10.5 Å². The molecule has 7 heteroatoms. The summed E-state index contributed by atoms with van der Waals surface area (Å²) in [7, 11) is 0. The van der Waals surface area contributed by atoms with Crippen molar-refractivity contribution in [3.63, 3.8) is 0 Å². The largest absolute Gasteiger partial charge is 0.379 e. The number of nitro groups is 1. The number of nitrogens with one attached hydrogen (secondary N) is 1. The molecule has 2 rings (SSSR count). The first kappa shape index (κ1) is 14.3. The molecule has 1 amide bonds. The number of nitrogens with zero attached hydrogens (tertiary/aromatic N) is 1. The normalized spacial score (nSPS) is 17.9. The zero-order chi connectivity index (χ0) is 14.5. The highest BCUT2D eigenvalue weighted by atomic mass is 16.6. The van der Waals surface area contributed by atoms with Crippen molar-refractivity contribution in [2.24, 2.45) is 5.73 Å². The first-order valence-electron chi connectivity index (χ1n) is 6.51. The Labute approximate surface area is 116 Å². The van der Waals surface area contributed by atoms with Crippen molar-refractivity contribution in [1.29, 1.82) is 0 Å². The van der Waals surface area contributed by atoms with Crippen LogP contribution in [0.4, 0.5) is 11.4 Å². The van der Waals surface area contributed by atoms with E-state index >= 15 is 0 Å². The summed E-state index contributed by atoms with van der Waals surface area (Å²) in [5.41, 5.74) is 5.49. The number of primary amides is 1. The maximum Gasteiger partial charge on any atom is 0.293 e. The molecule has 0 unspecified atom stereocenters. The Morgan fingerprint density at radius 2 is 2.35 bits per heavy atom. The minimum absolute atomic E-state index is 0.126. The van der Waals surface area contributed by atoms with Crippen molar-refractivity contribution in [2.45, 2.75) is 25.4 Å². The molecule has 1 saturated heterocycles. The van der Waals surface area contributed by atoms with E-state index in [1.54, 1.807) is 0 Å². The van der Waals surface area contributed by atoms with Crippen LogP contribution in [-0.2, 0) is 4.74 Å². The molecule has 1 aromatic rings. The molecule has 0 aromatic heterocycles. The molecule has 0 aliphatic carbocycles. The monoisotopic (exact) mass is 279 g/mol. The van der Waals surface area contributed by atoms with Crippen molar-refractivity contribution >= 4 is 17.3 Å². The predicted molar refractivity (Wildman–Crippen MR) is 73.7 cm³/mol. The van der Waals surface area contributed by atoms with Gasteiger partial charge >= 0.3 is 0 Å². The van der Waals surface area contributed by atoms with Crippen LogP contribution in [-0.4, -0.2) is 30.1 Å². The maximum absolute atomic E-state index is 11.0. The molecule has 1 aliphatic heterocycles. The van der Waals surface area contributed by atoms with Crippen LogP contribution in [0.1, 0.15) is 29.6 Å². The smallest absolute Gasteiger partial charge is 0.293 e. The fourth-order valence-electron chi connectivity index (χ4n) is 2.23. The molecular formula is C13H17N3O4. The minimum atomic E-state index is -0.681. The van der Waals surface area contributed by atoms with Crippen LogP contribution < -0.4 is 11.1 Å². The van der Waals surface area contributed by atoms with E-state index in [0.29, 0.717) is 12.2 Å². The van der Waals surface area contributed by atoms with Crippen LogP contribution in [0.2, 0.25) is 0 Å². The van der Waals surface area contributed by atoms with Gasteiger partial charge in [-0.05, 0) is 31.4 Å². The van der Waals surface area contributed by atoms with Gasteiger partial charge in [0.25, 0.3) is 5.69 Å². The van der Waals surface area contributed by atoms with E-state index in [1.807, 2.05) is 0 Å². The summed E-state index contributed by atoms with van der Waals surface area (Å²) in [5, 5.41) is 14.0. The number of carbonyl (C=O) groups excluding carboxylic acids is 1. The standard InChI is InChI=1S/C13H17N3O4/c14-13(17)9-3-4-11(12(8-9)16(18)19)15-6-5-10-2-1-7-20-10/h3-4,8,10,15H,1-2,5-7H2,(H2,14,17)/t10-/m0/s1. The van der Waals surface area contributed by atoms with Crippen molar-refractivity contribution in [3.8, 4) is 0 Å². The highest BCUT2D eigenvalue weighted by molar-refractivity contribution is 5.94. The molecule has 3 N–H and O–H groups in total. The van der Waals surface area contributed by atoms with Crippen molar-refractivity contribution in [1.82, 2.24) is 0 Å². The van der Waals surface area contributed by atoms with Gasteiger partial charge in [0.05, 0.1) is 11.0 Å². The number of hydrogen-bond acceptors (Lipinski definition) is 5. The third-order valence-corrected chi connectivity index (χ3v) is 3.28. The topological polar surface area (TPSA) is 107 Å². The van der Waals surface area contributed by atoms with Gasteiger partial charge in [-0.2, -0.15) is 0 Å². The number of nitrogens with two attached hydrogens (primary N) is 1. The number of ether oxygens (including phenoxy) is 1. The van der Waals surface area contributed by atoms with Gasteiger partial charge in [0.15, 0.2) is 0 Å². The molecule has 0 radical (unpaired) electrons. The Bertz CT molecular complexity index is 512. The summed E-state index contributed by atoms with van der Waals surface area (Å²) >= 11 is 0. The van der Waals surface area contributed by atoms with Crippen LogP contribution in [0.15, 0.2) is 18.2 Å².